The highest BCUT2D eigenvalue weighted by Crippen LogP contribution is 2.13. The zero-order valence-electron chi connectivity index (χ0n) is 18.5. The third-order valence-corrected chi connectivity index (χ3v) is 4.84. The number of urea groups is 1. The molecule has 1 heterocycles. The topological polar surface area (TPSA) is 91.0 Å². The Morgan fingerprint density at radius 2 is 1.73 bits per heavy atom. The Balaban J connectivity index is 1.74. The molecule has 1 aromatic carbocycles. The Morgan fingerprint density at radius 1 is 1.03 bits per heavy atom. The van der Waals surface area contributed by atoms with Gasteiger partial charge in [-0.2, -0.15) is 0 Å². The second kappa shape index (κ2) is 11.0. The number of carbonyl (C=O) groups excluding carboxylic acids is 3. The minimum atomic E-state index is -0.488. The van der Waals surface area contributed by atoms with Crippen LogP contribution >= 0.6 is 0 Å². The van der Waals surface area contributed by atoms with Crippen LogP contribution in [0.15, 0.2) is 24.3 Å². The number of methoxy groups -OCH3 is 1. The summed E-state index contributed by atoms with van der Waals surface area (Å²) in [6.45, 7) is 8.31. The maximum Gasteiger partial charge on any atom is 0.321 e. The standard InChI is InChI=1S/C22H34N4O4/c1-22(2,3)24-21(29)23-19(27)16-25-12-5-13-26(15-14-25)20(28)11-8-17-6-9-18(30-4)10-7-17/h6-7,9-10H,5,8,11-16H2,1-4H3,(H2,23,24,27,29). The zero-order chi connectivity index (χ0) is 22.1. The number of hydrogen-bond donors (Lipinski definition) is 2. The number of rotatable bonds is 6. The van der Waals surface area contributed by atoms with Gasteiger partial charge in [-0.25, -0.2) is 4.79 Å². The van der Waals surface area contributed by atoms with Gasteiger partial charge in [-0.1, -0.05) is 12.1 Å². The molecule has 1 saturated heterocycles. The van der Waals surface area contributed by atoms with E-state index in [1.54, 1.807) is 7.11 Å². The van der Waals surface area contributed by atoms with Crippen LogP contribution in [0.3, 0.4) is 0 Å². The van der Waals surface area contributed by atoms with Crippen molar-refractivity contribution in [3.05, 3.63) is 29.8 Å². The van der Waals surface area contributed by atoms with Crippen LogP contribution < -0.4 is 15.4 Å². The number of carbonyl (C=O) groups is 3. The number of imide groups is 1. The molecule has 0 aliphatic carbocycles. The minimum Gasteiger partial charge on any atom is -0.497 e. The Morgan fingerprint density at radius 3 is 2.37 bits per heavy atom. The van der Waals surface area contributed by atoms with Gasteiger partial charge in [-0.3, -0.25) is 19.8 Å². The van der Waals surface area contributed by atoms with E-state index in [0.29, 0.717) is 32.5 Å². The van der Waals surface area contributed by atoms with Crippen LogP contribution in [-0.4, -0.2) is 73.0 Å². The van der Waals surface area contributed by atoms with Gasteiger partial charge in [0.15, 0.2) is 0 Å². The largest absolute Gasteiger partial charge is 0.497 e. The highest BCUT2D eigenvalue weighted by atomic mass is 16.5. The van der Waals surface area contributed by atoms with E-state index in [1.807, 2.05) is 54.8 Å². The number of benzene rings is 1. The van der Waals surface area contributed by atoms with Crippen molar-refractivity contribution in [2.45, 2.75) is 45.6 Å². The van der Waals surface area contributed by atoms with E-state index in [0.717, 1.165) is 24.3 Å². The highest BCUT2D eigenvalue weighted by Gasteiger charge is 2.22. The van der Waals surface area contributed by atoms with Gasteiger partial charge >= 0.3 is 6.03 Å². The molecule has 0 radical (unpaired) electrons. The van der Waals surface area contributed by atoms with Crippen LogP contribution in [0, 0.1) is 0 Å². The first-order valence-electron chi connectivity index (χ1n) is 10.4. The summed E-state index contributed by atoms with van der Waals surface area (Å²) in [5.74, 6) is 0.593. The molecule has 2 rings (SSSR count). The predicted molar refractivity (Wildman–Crippen MR) is 115 cm³/mol. The Kier molecular flexibility index (Phi) is 8.65. The first-order valence-corrected chi connectivity index (χ1v) is 10.4. The van der Waals surface area contributed by atoms with Gasteiger partial charge in [-0.15, -0.1) is 0 Å². The second-order valence-electron chi connectivity index (χ2n) is 8.61. The number of amides is 4. The zero-order valence-corrected chi connectivity index (χ0v) is 18.5. The lowest BCUT2D eigenvalue weighted by Crippen LogP contribution is -2.50. The van der Waals surface area contributed by atoms with Crippen LogP contribution in [0.25, 0.3) is 0 Å². The van der Waals surface area contributed by atoms with E-state index in [-0.39, 0.29) is 18.4 Å². The van der Waals surface area contributed by atoms with Crippen molar-refractivity contribution in [1.82, 2.24) is 20.4 Å². The molecule has 1 fully saturated rings. The summed E-state index contributed by atoms with van der Waals surface area (Å²) in [5, 5.41) is 5.07. The molecule has 8 nitrogen and oxygen atoms in total. The van der Waals surface area contributed by atoms with Gasteiger partial charge in [0.1, 0.15) is 5.75 Å². The van der Waals surface area contributed by atoms with Crippen molar-refractivity contribution in [2.75, 3.05) is 39.8 Å². The number of nitrogens with zero attached hydrogens (tertiary/aromatic N) is 2. The SMILES string of the molecule is COc1ccc(CCC(=O)N2CCCN(CC(=O)NC(=O)NC(C)(C)C)CC2)cc1. The van der Waals surface area contributed by atoms with Crippen molar-refractivity contribution >= 4 is 17.8 Å². The van der Waals surface area contributed by atoms with Crippen LogP contribution in [-0.2, 0) is 16.0 Å². The molecule has 0 spiro atoms. The molecule has 166 valence electrons. The van der Waals surface area contributed by atoms with Crippen molar-refractivity contribution in [2.24, 2.45) is 0 Å². The van der Waals surface area contributed by atoms with E-state index in [9.17, 15) is 14.4 Å². The lowest BCUT2D eigenvalue weighted by Gasteiger charge is -2.23. The molecule has 1 aliphatic heterocycles. The van der Waals surface area contributed by atoms with Crippen LogP contribution in [0.4, 0.5) is 4.79 Å². The quantitative estimate of drug-likeness (QED) is 0.735. The van der Waals surface area contributed by atoms with Gasteiger partial charge in [-0.05, 0) is 51.3 Å². The lowest BCUT2D eigenvalue weighted by atomic mass is 10.1. The number of ether oxygens (including phenoxy) is 1. The monoisotopic (exact) mass is 418 g/mol. The molecule has 30 heavy (non-hydrogen) atoms. The average molecular weight is 419 g/mol. The summed E-state index contributed by atoms with van der Waals surface area (Å²) in [5.41, 5.74) is 0.699. The Labute approximate surface area is 178 Å². The van der Waals surface area contributed by atoms with Crippen LogP contribution in [0.2, 0.25) is 0 Å². The molecule has 8 heteroatoms. The molecular formula is C22H34N4O4. The highest BCUT2D eigenvalue weighted by molar-refractivity contribution is 5.95. The predicted octanol–water partition coefficient (Wildman–Crippen LogP) is 1.79. The fourth-order valence-corrected chi connectivity index (χ4v) is 3.32. The normalized spacial score (nSPS) is 15.3. The number of nitrogens with one attached hydrogen (secondary N) is 2. The molecule has 0 bridgehead atoms. The van der Waals surface area contributed by atoms with E-state index < -0.39 is 11.6 Å². The molecular weight excluding hydrogens is 384 g/mol. The second-order valence-corrected chi connectivity index (χ2v) is 8.61. The number of aryl methyl sites for hydroxylation is 1. The molecule has 0 aromatic heterocycles. The molecule has 2 N–H and O–H groups in total. The Bertz CT molecular complexity index is 728. The summed E-state index contributed by atoms with van der Waals surface area (Å²) in [7, 11) is 1.63. The summed E-state index contributed by atoms with van der Waals surface area (Å²) in [4.78, 5) is 40.4. The van der Waals surface area contributed by atoms with Crippen LogP contribution in [0.1, 0.15) is 39.2 Å². The molecule has 0 unspecified atom stereocenters. The summed E-state index contributed by atoms with van der Waals surface area (Å²) < 4.78 is 5.15. The van der Waals surface area contributed by atoms with Crippen molar-refractivity contribution < 1.29 is 19.1 Å². The smallest absolute Gasteiger partial charge is 0.321 e. The minimum absolute atomic E-state index is 0.127. The van der Waals surface area contributed by atoms with Gasteiger partial charge < -0.3 is 15.0 Å². The van der Waals surface area contributed by atoms with E-state index >= 15 is 0 Å². The molecule has 1 aliphatic rings. The van der Waals surface area contributed by atoms with Crippen molar-refractivity contribution in [3.8, 4) is 5.75 Å². The molecule has 4 amide bonds. The van der Waals surface area contributed by atoms with Crippen molar-refractivity contribution in [1.29, 1.82) is 0 Å². The average Bonchev–Trinajstić information content (AvgIpc) is 2.90. The van der Waals surface area contributed by atoms with Gasteiger partial charge in [0.05, 0.1) is 13.7 Å². The van der Waals surface area contributed by atoms with Gasteiger partial charge in [0.2, 0.25) is 11.8 Å². The molecule has 0 saturated carbocycles. The van der Waals surface area contributed by atoms with Gasteiger partial charge in [0, 0.05) is 38.1 Å². The number of hydrogen-bond acceptors (Lipinski definition) is 5. The fraction of sp³-hybridized carbons (Fsp3) is 0.591. The molecule has 0 atom stereocenters. The summed E-state index contributed by atoms with van der Waals surface area (Å²) in [6.07, 6.45) is 1.95. The van der Waals surface area contributed by atoms with Crippen molar-refractivity contribution in [3.63, 3.8) is 0 Å². The Hall–Kier alpha value is -2.61. The first-order chi connectivity index (χ1) is 14.2. The lowest BCUT2D eigenvalue weighted by molar-refractivity contribution is -0.131. The van der Waals surface area contributed by atoms with E-state index in [4.69, 9.17) is 4.74 Å². The van der Waals surface area contributed by atoms with Gasteiger partial charge in [0.25, 0.3) is 0 Å². The fourth-order valence-electron chi connectivity index (χ4n) is 3.32. The first kappa shape index (κ1) is 23.7. The third-order valence-electron chi connectivity index (χ3n) is 4.84. The maximum absolute atomic E-state index is 12.6. The summed E-state index contributed by atoms with van der Waals surface area (Å²) in [6, 6.07) is 7.26. The maximum atomic E-state index is 12.6. The summed E-state index contributed by atoms with van der Waals surface area (Å²) >= 11 is 0. The van der Waals surface area contributed by atoms with E-state index in [1.165, 1.54) is 0 Å². The third kappa shape index (κ3) is 8.41. The van der Waals surface area contributed by atoms with E-state index in [2.05, 4.69) is 10.6 Å². The van der Waals surface area contributed by atoms with Crippen LogP contribution in [0.5, 0.6) is 5.75 Å². The molecule has 1 aromatic rings.